The summed E-state index contributed by atoms with van der Waals surface area (Å²) in [5.74, 6) is -1.10. The van der Waals surface area contributed by atoms with E-state index in [4.69, 9.17) is 19.1 Å². The highest BCUT2D eigenvalue weighted by molar-refractivity contribution is 7.47. The highest BCUT2D eigenvalue weighted by Gasteiger charge is 2.27. The van der Waals surface area contributed by atoms with Crippen molar-refractivity contribution in [2.45, 2.75) is 141 Å². The van der Waals surface area contributed by atoms with Crippen LogP contribution < -0.4 is 0 Å². The Labute approximate surface area is 373 Å². The van der Waals surface area contributed by atoms with Crippen LogP contribution in [0.2, 0.25) is 0 Å². The SMILES string of the molecule is CC/C=C\C/C=C\C/C=C\C/C=C\C/C=C\CCCCCC(=O)O[C@H](COC(=O)CC/C=C\C/C=C\C/C=C\C/C=C/C=C/C(O)C/C=C\CC)COP(=O)(O)OC[C@@H](O)CO. The lowest BCUT2D eigenvalue weighted by Crippen LogP contribution is -2.29. The van der Waals surface area contributed by atoms with Crippen LogP contribution in [0.1, 0.15) is 123 Å². The number of hydrogen-bond donors (Lipinski definition) is 4. The zero-order valence-corrected chi connectivity index (χ0v) is 38.3. The van der Waals surface area contributed by atoms with Gasteiger partial charge in [0.05, 0.1) is 25.9 Å². The first-order valence-corrected chi connectivity index (χ1v) is 23.7. The molecule has 62 heavy (non-hydrogen) atoms. The van der Waals surface area contributed by atoms with E-state index in [-0.39, 0.29) is 19.4 Å². The largest absolute Gasteiger partial charge is 0.472 e. The number of aliphatic hydroxyl groups is 3. The van der Waals surface area contributed by atoms with Crippen molar-refractivity contribution in [2.75, 3.05) is 26.4 Å². The van der Waals surface area contributed by atoms with E-state index in [1.54, 1.807) is 6.08 Å². The molecule has 4 atom stereocenters. The van der Waals surface area contributed by atoms with Gasteiger partial charge in [0.1, 0.15) is 12.7 Å². The Morgan fingerprint density at radius 2 is 1.05 bits per heavy atom. The summed E-state index contributed by atoms with van der Waals surface area (Å²) in [6, 6.07) is 0. The van der Waals surface area contributed by atoms with Gasteiger partial charge in [0.15, 0.2) is 6.10 Å². The fourth-order valence-electron chi connectivity index (χ4n) is 5.01. The number of rotatable bonds is 39. The fourth-order valence-corrected chi connectivity index (χ4v) is 5.80. The van der Waals surface area contributed by atoms with E-state index >= 15 is 0 Å². The molecule has 0 radical (unpaired) electrons. The molecule has 0 aromatic carbocycles. The third-order valence-electron chi connectivity index (χ3n) is 8.39. The Balaban J connectivity index is 4.53. The molecule has 0 aliphatic carbocycles. The molecule has 0 amide bonds. The first-order valence-electron chi connectivity index (χ1n) is 22.3. The molecule has 0 fully saturated rings. The molecule has 0 heterocycles. The summed E-state index contributed by atoms with van der Waals surface area (Å²) in [5.41, 5.74) is 0. The zero-order chi connectivity index (χ0) is 45.6. The molecule has 12 heteroatoms. The lowest BCUT2D eigenvalue weighted by molar-refractivity contribution is -0.161. The molecule has 0 bridgehead atoms. The van der Waals surface area contributed by atoms with Gasteiger partial charge in [0.2, 0.25) is 0 Å². The summed E-state index contributed by atoms with van der Waals surface area (Å²) < 4.78 is 32.6. The lowest BCUT2D eigenvalue weighted by Gasteiger charge is -2.20. The average Bonchev–Trinajstić information content (AvgIpc) is 3.26. The van der Waals surface area contributed by atoms with E-state index < -0.39 is 57.9 Å². The van der Waals surface area contributed by atoms with Gasteiger partial charge >= 0.3 is 19.8 Å². The average molecular weight is 885 g/mol. The van der Waals surface area contributed by atoms with E-state index in [0.717, 1.165) is 70.6 Å². The third-order valence-corrected chi connectivity index (χ3v) is 9.34. The normalized spacial score (nSPS) is 15.5. The Hall–Kier alpha value is -3.93. The predicted octanol–water partition coefficient (Wildman–Crippen LogP) is 11.1. The number of phosphoric acid groups is 1. The molecule has 0 rings (SSSR count). The third kappa shape index (κ3) is 42.7. The molecule has 4 N–H and O–H groups in total. The van der Waals surface area contributed by atoms with Crippen molar-refractivity contribution in [2.24, 2.45) is 0 Å². The molecule has 0 saturated carbocycles. The summed E-state index contributed by atoms with van der Waals surface area (Å²) in [7, 11) is -4.67. The number of allylic oxidation sites excluding steroid dienone is 20. The maximum atomic E-state index is 12.6. The van der Waals surface area contributed by atoms with Gasteiger partial charge in [-0.05, 0) is 89.9 Å². The molecule has 348 valence electrons. The first-order chi connectivity index (χ1) is 30.1. The molecule has 0 aliphatic rings. The van der Waals surface area contributed by atoms with Gasteiger partial charge in [0, 0.05) is 12.8 Å². The summed E-state index contributed by atoms with van der Waals surface area (Å²) in [6.45, 7) is 1.89. The molecule has 0 aliphatic heterocycles. The summed E-state index contributed by atoms with van der Waals surface area (Å²) >= 11 is 0. The van der Waals surface area contributed by atoms with Crippen molar-refractivity contribution in [3.05, 3.63) is 134 Å². The molecule has 2 unspecified atom stereocenters. The summed E-state index contributed by atoms with van der Waals surface area (Å²) in [6.07, 6.45) is 54.7. The molecular formula is C50H77O11P. The van der Waals surface area contributed by atoms with Gasteiger partial charge in [-0.2, -0.15) is 0 Å². The molecule has 0 aromatic heterocycles. The van der Waals surface area contributed by atoms with Gasteiger partial charge in [-0.1, -0.05) is 154 Å². The topological polar surface area (TPSA) is 169 Å². The predicted molar refractivity (Wildman–Crippen MR) is 252 cm³/mol. The highest BCUT2D eigenvalue weighted by atomic mass is 31.2. The summed E-state index contributed by atoms with van der Waals surface area (Å²) in [4.78, 5) is 35.0. The van der Waals surface area contributed by atoms with Gasteiger partial charge in [0.25, 0.3) is 0 Å². The van der Waals surface area contributed by atoms with Crippen LogP contribution in [0.15, 0.2) is 134 Å². The van der Waals surface area contributed by atoms with Crippen molar-refractivity contribution >= 4 is 19.8 Å². The number of hydrogen-bond acceptors (Lipinski definition) is 10. The first kappa shape index (κ1) is 58.1. The number of ether oxygens (including phenoxy) is 2. The Kier molecular flexibility index (Phi) is 40.9. The van der Waals surface area contributed by atoms with E-state index in [1.807, 2.05) is 48.6 Å². The van der Waals surface area contributed by atoms with E-state index in [1.165, 1.54) is 0 Å². The minimum absolute atomic E-state index is 0.0839. The second kappa shape index (κ2) is 43.7. The standard InChI is InChI=1S/C50H77O11P/c1-3-5-7-8-9-10-11-12-13-14-15-16-17-20-24-27-30-33-37-41-50(55)61-48(45-60-62(56,57)59-43-47(53)42-51)44-58-49(54)40-36-32-29-26-23-21-18-19-22-25-28-31-35-39-46(52)38-34-6-4-2/h5-7,9-10,12-13,15-16,19-24,28-29,31-32,34-35,39,46-48,51-53H,3-4,8,11,14,17-18,25-27,30,33,36-38,40-45H2,1-2H3,(H,56,57)/b7-5-,10-9-,13-12-,16-15-,22-19-,23-21-,24-20-,31-28+,32-29-,34-6-,39-35+/t46?,47-,48+/m0/s1. The zero-order valence-electron chi connectivity index (χ0n) is 37.4. The Bertz CT molecular complexity index is 1500. The molecule has 0 saturated heterocycles. The maximum absolute atomic E-state index is 12.6. The second-order valence-corrected chi connectivity index (χ2v) is 15.6. The molecule has 0 spiro atoms. The van der Waals surface area contributed by atoms with Crippen LogP contribution in [0.4, 0.5) is 0 Å². The van der Waals surface area contributed by atoms with Crippen molar-refractivity contribution in [3.63, 3.8) is 0 Å². The van der Waals surface area contributed by atoms with Crippen molar-refractivity contribution in [1.29, 1.82) is 0 Å². The Morgan fingerprint density at radius 1 is 0.548 bits per heavy atom. The van der Waals surface area contributed by atoms with Crippen LogP contribution >= 0.6 is 7.82 Å². The summed E-state index contributed by atoms with van der Waals surface area (Å²) in [5, 5.41) is 28.2. The number of phosphoric ester groups is 1. The number of unbranched alkanes of at least 4 members (excludes halogenated alkanes) is 3. The quantitative estimate of drug-likeness (QED) is 0.0152. The fraction of sp³-hybridized carbons (Fsp3) is 0.520. The monoisotopic (exact) mass is 885 g/mol. The van der Waals surface area contributed by atoms with E-state index in [9.17, 15) is 29.3 Å². The van der Waals surface area contributed by atoms with Crippen LogP contribution in [0.5, 0.6) is 0 Å². The van der Waals surface area contributed by atoms with Crippen LogP contribution in [-0.2, 0) is 32.7 Å². The van der Waals surface area contributed by atoms with E-state index in [2.05, 4.69) is 97.4 Å². The van der Waals surface area contributed by atoms with Crippen LogP contribution in [0.3, 0.4) is 0 Å². The van der Waals surface area contributed by atoms with Crippen LogP contribution in [0, 0.1) is 0 Å². The molecule has 11 nitrogen and oxygen atoms in total. The minimum Gasteiger partial charge on any atom is -0.462 e. The van der Waals surface area contributed by atoms with Crippen molar-refractivity contribution in [1.82, 2.24) is 0 Å². The lowest BCUT2D eigenvalue weighted by atomic mass is 10.1. The second-order valence-electron chi connectivity index (χ2n) is 14.2. The Morgan fingerprint density at radius 3 is 1.61 bits per heavy atom. The van der Waals surface area contributed by atoms with Crippen LogP contribution in [-0.4, -0.2) is 76.9 Å². The van der Waals surface area contributed by atoms with Crippen molar-refractivity contribution < 1.29 is 52.9 Å². The number of carbonyl (C=O) groups is 2. The maximum Gasteiger partial charge on any atom is 0.472 e. The minimum atomic E-state index is -4.67. The molecule has 0 aromatic rings. The van der Waals surface area contributed by atoms with Gasteiger partial charge in [-0.25, -0.2) is 4.57 Å². The molecular weight excluding hydrogens is 808 g/mol. The smallest absolute Gasteiger partial charge is 0.462 e. The van der Waals surface area contributed by atoms with Gasteiger partial charge < -0.3 is 29.7 Å². The van der Waals surface area contributed by atoms with Gasteiger partial charge in [-0.15, -0.1) is 0 Å². The highest BCUT2D eigenvalue weighted by Crippen LogP contribution is 2.43. The van der Waals surface area contributed by atoms with Crippen LogP contribution in [0.25, 0.3) is 0 Å². The number of esters is 2. The van der Waals surface area contributed by atoms with E-state index in [0.29, 0.717) is 25.7 Å². The number of aliphatic hydroxyl groups excluding tert-OH is 3. The van der Waals surface area contributed by atoms with Crippen molar-refractivity contribution in [3.8, 4) is 0 Å². The number of carbonyl (C=O) groups excluding carboxylic acids is 2. The van der Waals surface area contributed by atoms with Gasteiger partial charge in [-0.3, -0.25) is 18.6 Å².